The Kier molecular flexibility index (Phi) is 5.26. The second-order valence-electron chi connectivity index (χ2n) is 5.32. The first-order valence-electron chi connectivity index (χ1n) is 7.12. The first kappa shape index (κ1) is 16.2. The van der Waals surface area contributed by atoms with Crippen molar-refractivity contribution in [1.29, 1.82) is 0 Å². The third-order valence-electron chi connectivity index (χ3n) is 3.48. The van der Waals surface area contributed by atoms with E-state index in [4.69, 9.17) is 9.84 Å². The smallest absolute Gasteiger partial charge is 0.326 e. The first-order valence-corrected chi connectivity index (χ1v) is 7.12. The molecule has 2 N–H and O–H groups in total. The standard InChI is InChI=1S/C14H19N3O5/c1-22-7-6-17-12(18)5-4-10(16-17)13(19)15-11(14(20)21)8-9-2-3-9/h4-5,9,11H,2-3,6-8H2,1H3,(H,15,19)(H,20,21). The van der Waals surface area contributed by atoms with Crippen LogP contribution in [0.3, 0.4) is 0 Å². The number of carbonyl (C=O) groups is 2. The summed E-state index contributed by atoms with van der Waals surface area (Å²) in [6.45, 7) is 0.512. The highest BCUT2D eigenvalue weighted by atomic mass is 16.5. The molecule has 0 saturated heterocycles. The molecule has 0 radical (unpaired) electrons. The maximum absolute atomic E-state index is 12.1. The van der Waals surface area contributed by atoms with E-state index in [1.807, 2.05) is 0 Å². The lowest BCUT2D eigenvalue weighted by Gasteiger charge is -2.14. The van der Waals surface area contributed by atoms with Gasteiger partial charge in [0.05, 0.1) is 13.2 Å². The summed E-state index contributed by atoms with van der Waals surface area (Å²) in [7, 11) is 1.50. The van der Waals surface area contributed by atoms with E-state index in [2.05, 4.69) is 10.4 Å². The normalized spacial score (nSPS) is 15.3. The van der Waals surface area contributed by atoms with E-state index in [0.717, 1.165) is 17.5 Å². The van der Waals surface area contributed by atoms with Gasteiger partial charge in [-0.2, -0.15) is 5.10 Å². The number of methoxy groups -OCH3 is 1. The fourth-order valence-corrected chi connectivity index (χ4v) is 2.05. The van der Waals surface area contributed by atoms with Gasteiger partial charge in [0.25, 0.3) is 11.5 Å². The van der Waals surface area contributed by atoms with Crippen LogP contribution >= 0.6 is 0 Å². The van der Waals surface area contributed by atoms with Gasteiger partial charge in [-0.05, 0) is 18.4 Å². The van der Waals surface area contributed by atoms with E-state index in [0.29, 0.717) is 12.3 Å². The number of nitrogens with zero attached hydrogens (tertiary/aromatic N) is 2. The second-order valence-corrected chi connectivity index (χ2v) is 5.32. The summed E-state index contributed by atoms with van der Waals surface area (Å²) in [5.74, 6) is -1.29. The molecule has 1 unspecified atom stereocenters. The molecule has 1 aliphatic carbocycles. The molecule has 0 aliphatic heterocycles. The van der Waals surface area contributed by atoms with E-state index in [1.165, 1.54) is 19.2 Å². The molecule has 1 atom stereocenters. The Morgan fingerprint density at radius 2 is 2.23 bits per heavy atom. The summed E-state index contributed by atoms with van der Waals surface area (Å²) in [5, 5.41) is 15.5. The Labute approximate surface area is 127 Å². The zero-order valence-electron chi connectivity index (χ0n) is 12.3. The zero-order chi connectivity index (χ0) is 16.1. The molecule has 0 spiro atoms. The highest BCUT2D eigenvalue weighted by Crippen LogP contribution is 2.33. The van der Waals surface area contributed by atoms with Gasteiger partial charge in [0.2, 0.25) is 0 Å². The minimum absolute atomic E-state index is 0.0118. The van der Waals surface area contributed by atoms with Crippen molar-refractivity contribution >= 4 is 11.9 Å². The molecular formula is C14H19N3O5. The molecular weight excluding hydrogens is 290 g/mol. The van der Waals surface area contributed by atoms with E-state index in [-0.39, 0.29) is 24.4 Å². The van der Waals surface area contributed by atoms with E-state index in [9.17, 15) is 14.4 Å². The van der Waals surface area contributed by atoms with Crippen LogP contribution in [0.2, 0.25) is 0 Å². The zero-order valence-corrected chi connectivity index (χ0v) is 12.3. The van der Waals surface area contributed by atoms with Gasteiger partial charge in [-0.15, -0.1) is 0 Å². The minimum Gasteiger partial charge on any atom is -0.480 e. The van der Waals surface area contributed by atoms with Crippen LogP contribution in [0.25, 0.3) is 0 Å². The molecule has 1 saturated carbocycles. The fourth-order valence-electron chi connectivity index (χ4n) is 2.05. The molecule has 1 fully saturated rings. The highest BCUT2D eigenvalue weighted by molar-refractivity contribution is 5.94. The van der Waals surface area contributed by atoms with Crippen LogP contribution in [0.15, 0.2) is 16.9 Å². The largest absolute Gasteiger partial charge is 0.480 e. The molecule has 1 aromatic heterocycles. The molecule has 1 aromatic rings. The molecule has 0 aromatic carbocycles. The van der Waals surface area contributed by atoms with Gasteiger partial charge in [0.15, 0.2) is 0 Å². The fraction of sp³-hybridized carbons (Fsp3) is 0.571. The van der Waals surface area contributed by atoms with Crippen molar-refractivity contribution in [2.75, 3.05) is 13.7 Å². The van der Waals surface area contributed by atoms with Crippen LogP contribution in [0.4, 0.5) is 0 Å². The number of rotatable bonds is 8. The Hall–Kier alpha value is -2.22. The first-order chi connectivity index (χ1) is 10.5. The number of carboxylic acids is 1. The number of carbonyl (C=O) groups excluding carboxylic acids is 1. The number of ether oxygens (including phenoxy) is 1. The van der Waals surface area contributed by atoms with E-state index in [1.54, 1.807) is 0 Å². The Morgan fingerprint density at radius 3 is 2.82 bits per heavy atom. The number of aromatic nitrogens is 2. The quantitative estimate of drug-likeness (QED) is 0.692. The lowest BCUT2D eigenvalue weighted by atomic mass is 10.1. The van der Waals surface area contributed by atoms with Crippen LogP contribution in [-0.2, 0) is 16.1 Å². The number of carboxylic acid groups (broad SMARTS) is 1. The van der Waals surface area contributed by atoms with Gasteiger partial charge in [-0.25, -0.2) is 9.48 Å². The van der Waals surface area contributed by atoms with Crippen molar-refractivity contribution in [2.24, 2.45) is 5.92 Å². The average molecular weight is 309 g/mol. The van der Waals surface area contributed by atoms with Gasteiger partial charge in [0.1, 0.15) is 11.7 Å². The van der Waals surface area contributed by atoms with E-state index < -0.39 is 17.9 Å². The molecule has 8 nitrogen and oxygen atoms in total. The third-order valence-corrected chi connectivity index (χ3v) is 3.48. The van der Waals surface area contributed by atoms with Gasteiger partial charge >= 0.3 is 5.97 Å². The van der Waals surface area contributed by atoms with Crippen molar-refractivity contribution in [3.8, 4) is 0 Å². The number of hydrogen-bond acceptors (Lipinski definition) is 5. The number of amides is 1. The number of aliphatic carboxylic acids is 1. The molecule has 1 aliphatic rings. The Morgan fingerprint density at radius 1 is 1.50 bits per heavy atom. The summed E-state index contributed by atoms with van der Waals surface area (Å²) in [6.07, 6.45) is 2.42. The molecule has 1 amide bonds. The molecule has 2 rings (SSSR count). The van der Waals surface area contributed by atoms with Gasteiger partial charge in [-0.1, -0.05) is 12.8 Å². The molecule has 8 heteroatoms. The maximum Gasteiger partial charge on any atom is 0.326 e. The lowest BCUT2D eigenvalue weighted by Crippen LogP contribution is -2.42. The topological polar surface area (TPSA) is 111 Å². The highest BCUT2D eigenvalue weighted by Gasteiger charge is 2.30. The van der Waals surface area contributed by atoms with Gasteiger partial charge in [0, 0.05) is 13.2 Å². The Balaban J connectivity index is 2.07. The predicted molar refractivity (Wildman–Crippen MR) is 76.6 cm³/mol. The molecule has 1 heterocycles. The van der Waals surface area contributed by atoms with Crippen molar-refractivity contribution in [2.45, 2.75) is 31.8 Å². The second kappa shape index (κ2) is 7.17. The summed E-state index contributed by atoms with van der Waals surface area (Å²) in [6, 6.07) is 1.59. The number of hydrogen-bond donors (Lipinski definition) is 2. The molecule has 22 heavy (non-hydrogen) atoms. The predicted octanol–water partition coefficient (Wildman–Crippen LogP) is -0.127. The summed E-state index contributed by atoms with van der Waals surface area (Å²) >= 11 is 0. The maximum atomic E-state index is 12.1. The van der Waals surface area contributed by atoms with Gasteiger partial charge < -0.3 is 15.2 Å². The monoisotopic (exact) mass is 309 g/mol. The van der Waals surface area contributed by atoms with Crippen molar-refractivity contribution in [3.05, 3.63) is 28.2 Å². The number of nitrogens with one attached hydrogen (secondary N) is 1. The average Bonchev–Trinajstić information content (AvgIpc) is 3.29. The van der Waals surface area contributed by atoms with Crippen LogP contribution in [-0.4, -0.2) is 46.5 Å². The third kappa shape index (κ3) is 4.39. The van der Waals surface area contributed by atoms with E-state index >= 15 is 0 Å². The van der Waals surface area contributed by atoms with Crippen molar-refractivity contribution in [3.63, 3.8) is 0 Å². The van der Waals surface area contributed by atoms with Crippen LogP contribution in [0, 0.1) is 5.92 Å². The van der Waals surface area contributed by atoms with Crippen LogP contribution in [0.1, 0.15) is 29.8 Å². The SMILES string of the molecule is COCCn1nc(C(=O)NC(CC2CC2)C(=O)O)ccc1=O. The summed E-state index contributed by atoms with van der Waals surface area (Å²) in [5.41, 5.74) is -0.334. The minimum atomic E-state index is -1.06. The van der Waals surface area contributed by atoms with Crippen molar-refractivity contribution < 1.29 is 19.4 Å². The van der Waals surface area contributed by atoms with Crippen molar-refractivity contribution in [1.82, 2.24) is 15.1 Å². The lowest BCUT2D eigenvalue weighted by molar-refractivity contribution is -0.139. The molecule has 120 valence electrons. The molecule has 0 bridgehead atoms. The van der Waals surface area contributed by atoms with Crippen LogP contribution < -0.4 is 10.9 Å². The Bertz CT molecular complexity index is 609. The van der Waals surface area contributed by atoms with Crippen LogP contribution in [0.5, 0.6) is 0 Å². The summed E-state index contributed by atoms with van der Waals surface area (Å²) in [4.78, 5) is 34.9. The summed E-state index contributed by atoms with van der Waals surface area (Å²) < 4.78 is 5.99. The van der Waals surface area contributed by atoms with Gasteiger partial charge in [-0.3, -0.25) is 9.59 Å².